The Morgan fingerprint density at radius 3 is 2.36 bits per heavy atom. The van der Waals surface area contributed by atoms with Crippen molar-refractivity contribution in [2.45, 2.75) is 23.1 Å². The molecular formula is C31H26ClN3O5S2. The van der Waals surface area contributed by atoms with E-state index in [0.29, 0.717) is 51.0 Å². The molecule has 1 amide bonds. The summed E-state index contributed by atoms with van der Waals surface area (Å²) in [5.41, 5.74) is 1.98. The van der Waals surface area contributed by atoms with Gasteiger partial charge in [0.2, 0.25) is 5.13 Å². The molecule has 0 bridgehead atoms. The zero-order valence-electron chi connectivity index (χ0n) is 22.5. The molecule has 8 nitrogen and oxygen atoms in total. The second kappa shape index (κ2) is 13.2. The van der Waals surface area contributed by atoms with E-state index in [2.05, 4.69) is 16.8 Å². The van der Waals surface area contributed by atoms with Crippen molar-refractivity contribution in [2.75, 3.05) is 18.1 Å². The molecular weight excluding hydrogens is 594 g/mol. The number of carbonyl (C=O) groups is 2. The Labute approximate surface area is 256 Å². The van der Waals surface area contributed by atoms with Gasteiger partial charge in [-0.3, -0.25) is 14.5 Å². The van der Waals surface area contributed by atoms with Gasteiger partial charge in [0, 0.05) is 16.3 Å². The van der Waals surface area contributed by atoms with Crippen molar-refractivity contribution < 1.29 is 24.2 Å². The summed E-state index contributed by atoms with van der Waals surface area (Å²) in [6, 6.07) is 20.2. The van der Waals surface area contributed by atoms with E-state index in [1.54, 1.807) is 54.6 Å². The molecule has 214 valence electrons. The van der Waals surface area contributed by atoms with Gasteiger partial charge < -0.3 is 14.6 Å². The zero-order valence-corrected chi connectivity index (χ0v) is 24.9. The molecule has 1 aliphatic rings. The number of rotatable bonds is 11. The number of thioether (sulfide) groups is 1. The molecule has 1 aliphatic heterocycles. The number of benzene rings is 3. The first-order valence-corrected chi connectivity index (χ1v) is 15.2. The van der Waals surface area contributed by atoms with Crippen molar-refractivity contribution in [3.05, 3.63) is 113 Å². The summed E-state index contributed by atoms with van der Waals surface area (Å²) in [7, 11) is 0. The van der Waals surface area contributed by atoms with Crippen LogP contribution in [-0.2, 0) is 15.3 Å². The highest BCUT2D eigenvalue weighted by Gasteiger charge is 2.48. The van der Waals surface area contributed by atoms with E-state index in [9.17, 15) is 14.7 Å². The normalized spacial score (nSPS) is 16.0. The Morgan fingerprint density at radius 1 is 1.02 bits per heavy atom. The van der Waals surface area contributed by atoms with Gasteiger partial charge in [0.25, 0.3) is 5.78 Å². The van der Waals surface area contributed by atoms with Crippen molar-refractivity contribution in [2.24, 2.45) is 0 Å². The second-order valence-electron chi connectivity index (χ2n) is 9.06. The Hall–Kier alpha value is -4.12. The number of ketones is 1. The lowest BCUT2D eigenvalue weighted by Crippen LogP contribution is -2.29. The molecule has 0 radical (unpaired) electrons. The lowest BCUT2D eigenvalue weighted by molar-refractivity contribution is -0.132. The first-order chi connectivity index (χ1) is 20.4. The van der Waals surface area contributed by atoms with Crippen molar-refractivity contribution in [1.29, 1.82) is 0 Å². The number of aliphatic hydroxyl groups excluding tert-OH is 1. The number of amides is 1. The molecule has 1 N–H and O–H groups in total. The smallest absolute Gasteiger partial charge is 0.301 e. The SMILES string of the molecule is C=CCOc1ccc(C2/C(=C(/O)c3ccc(OCC)cc3)C(=O)C(=O)N2c2nnc(SCc3ccc(Cl)cc3)s2)cc1. The van der Waals surface area contributed by atoms with Crippen LogP contribution in [0.2, 0.25) is 5.02 Å². The summed E-state index contributed by atoms with van der Waals surface area (Å²) >= 11 is 8.65. The molecule has 0 spiro atoms. The molecule has 0 saturated carbocycles. The van der Waals surface area contributed by atoms with E-state index < -0.39 is 17.7 Å². The van der Waals surface area contributed by atoms with Crippen LogP contribution in [0.1, 0.15) is 29.7 Å². The van der Waals surface area contributed by atoms with Gasteiger partial charge in [-0.15, -0.1) is 10.2 Å². The minimum absolute atomic E-state index is 0.0468. The van der Waals surface area contributed by atoms with Crippen molar-refractivity contribution >= 4 is 57.3 Å². The molecule has 3 aromatic carbocycles. The lowest BCUT2D eigenvalue weighted by atomic mass is 9.95. The summed E-state index contributed by atoms with van der Waals surface area (Å²) in [5, 5.41) is 20.8. The second-order valence-corrected chi connectivity index (χ2v) is 11.7. The summed E-state index contributed by atoms with van der Waals surface area (Å²) in [4.78, 5) is 28.3. The fourth-order valence-electron chi connectivity index (χ4n) is 4.36. The van der Waals surface area contributed by atoms with E-state index in [1.807, 2.05) is 31.2 Å². The summed E-state index contributed by atoms with van der Waals surface area (Å²) in [6.07, 6.45) is 1.64. The number of halogens is 1. The van der Waals surface area contributed by atoms with E-state index in [0.717, 1.165) is 5.56 Å². The summed E-state index contributed by atoms with van der Waals surface area (Å²) < 4.78 is 11.7. The van der Waals surface area contributed by atoms with Gasteiger partial charge in [0.05, 0.1) is 18.2 Å². The maximum atomic E-state index is 13.5. The van der Waals surface area contributed by atoms with Crippen LogP contribution in [0.25, 0.3) is 5.76 Å². The fourth-order valence-corrected chi connectivity index (χ4v) is 6.31. The van der Waals surface area contributed by atoms with Gasteiger partial charge in [-0.1, -0.05) is 71.6 Å². The van der Waals surface area contributed by atoms with Gasteiger partial charge in [-0.2, -0.15) is 0 Å². The molecule has 11 heteroatoms. The predicted octanol–water partition coefficient (Wildman–Crippen LogP) is 7.07. The van der Waals surface area contributed by atoms with Crippen LogP contribution in [0.15, 0.2) is 95.4 Å². The molecule has 1 aromatic heterocycles. The Balaban J connectivity index is 1.51. The first kappa shape index (κ1) is 29.4. The monoisotopic (exact) mass is 619 g/mol. The molecule has 1 unspecified atom stereocenters. The number of aliphatic hydroxyl groups is 1. The molecule has 42 heavy (non-hydrogen) atoms. The molecule has 1 atom stereocenters. The van der Waals surface area contributed by atoms with Crippen LogP contribution < -0.4 is 14.4 Å². The third-order valence-corrected chi connectivity index (χ3v) is 8.70. The molecule has 0 aliphatic carbocycles. The third-order valence-electron chi connectivity index (χ3n) is 6.32. The number of carbonyl (C=O) groups excluding carboxylic acids is 2. The number of ether oxygens (including phenoxy) is 2. The van der Waals surface area contributed by atoms with Gasteiger partial charge >= 0.3 is 5.91 Å². The number of hydrogen-bond acceptors (Lipinski definition) is 9. The van der Waals surface area contributed by atoms with Gasteiger partial charge in [0.1, 0.15) is 23.9 Å². The molecule has 2 heterocycles. The standard InChI is InChI=1S/C31H26ClN3O5S2/c1-3-17-40-24-13-7-20(8-14-24)26-25(27(36)21-9-15-23(16-10-21)39-4-2)28(37)29(38)35(26)30-33-34-31(42-30)41-18-19-5-11-22(32)12-6-19/h3,5-16,26,36H,1,4,17-18H2,2H3/b27-25-. The van der Waals surface area contributed by atoms with E-state index in [4.69, 9.17) is 21.1 Å². The molecule has 4 aromatic rings. The third kappa shape index (κ3) is 6.35. The Kier molecular flexibility index (Phi) is 9.26. The van der Waals surface area contributed by atoms with Crippen LogP contribution in [0.4, 0.5) is 5.13 Å². The predicted molar refractivity (Wildman–Crippen MR) is 165 cm³/mol. The maximum absolute atomic E-state index is 13.5. The minimum Gasteiger partial charge on any atom is -0.507 e. The molecule has 1 saturated heterocycles. The average molecular weight is 620 g/mol. The van der Waals surface area contributed by atoms with Crippen LogP contribution in [0.5, 0.6) is 11.5 Å². The number of Topliss-reactive ketones (excluding diaryl/α,β-unsaturated/α-hetero) is 1. The van der Waals surface area contributed by atoms with E-state index in [1.165, 1.54) is 28.0 Å². The number of nitrogens with zero attached hydrogens (tertiary/aromatic N) is 3. The first-order valence-electron chi connectivity index (χ1n) is 13.0. The summed E-state index contributed by atoms with van der Waals surface area (Å²) in [6.45, 7) is 6.35. The Bertz CT molecular complexity index is 1620. The van der Waals surface area contributed by atoms with Crippen molar-refractivity contribution in [1.82, 2.24) is 10.2 Å². The van der Waals surface area contributed by atoms with E-state index >= 15 is 0 Å². The van der Waals surface area contributed by atoms with Crippen molar-refractivity contribution in [3.63, 3.8) is 0 Å². The number of aromatic nitrogens is 2. The fraction of sp³-hybridized carbons (Fsp3) is 0.161. The highest BCUT2D eigenvalue weighted by Crippen LogP contribution is 2.44. The van der Waals surface area contributed by atoms with Crippen molar-refractivity contribution in [3.8, 4) is 11.5 Å². The summed E-state index contributed by atoms with van der Waals surface area (Å²) in [5.74, 6) is -0.0677. The Morgan fingerprint density at radius 2 is 1.69 bits per heavy atom. The zero-order chi connectivity index (χ0) is 29.6. The number of anilines is 1. The topological polar surface area (TPSA) is 102 Å². The van der Waals surface area contributed by atoms with Crippen LogP contribution in [-0.4, -0.2) is 40.2 Å². The van der Waals surface area contributed by atoms with Gasteiger partial charge in [-0.05, 0) is 66.6 Å². The molecule has 1 fully saturated rings. The highest BCUT2D eigenvalue weighted by atomic mass is 35.5. The maximum Gasteiger partial charge on any atom is 0.301 e. The quantitative estimate of drug-likeness (QED) is 0.0475. The van der Waals surface area contributed by atoms with Gasteiger partial charge in [0.15, 0.2) is 4.34 Å². The van der Waals surface area contributed by atoms with Crippen LogP contribution >= 0.6 is 34.7 Å². The highest BCUT2D eigenvalue weighted by molar-refractivity contribution is 8.00. The number of hydrogen-bond donors (Lipinski definition) is 1. The van der Waals surface area contributed by atoms with E-state index in [-0.39, 0.29) is 16.5 Å². The average Bonchev–Trinajstić information content (AvgIpc) is 3.58. The van der Waals surface area contributed by atoms with Crippen LogP contribution in [0, 0.1) is 0 Å². The molecule has 5 rings (SSSR count). The largest absolute Gasteiger partial charge is 0.507 e. The lowest BCUT2D eigenvalue weighted by Gasteiger charge is -2.22. The van der Waals surface area contributed by atoms with Crippen LogP contribution in [0.3, 0.4) is 0 Å². The van der Waals surface area contributed by atoms with Gasteiger partial charge in [-0.25, -0.2) is 0 Å². The minimum atomic E-state index is -0.938.